The summed E-state index contributed by atoms with van der Waals surface area (Å²) in [4.78, 5) is 23.2. The van der Waals surface area contributed by atoms with Crippen LogP contribution in [0.4, 0.5) is 0 Å². The number of rotatable bonds is 2. The molecule has 4 rings (SSSR count). The summed E-state index contributed by atoms with van der Waals surface area (Å²) in [5.41, 5.74) is 0.639. The highest BCUT2D eigenvalue weighted by molar-refractivity contribution is 5.94. The van der Waals surface area contributed by atoms with Crippen molar-refractivity contribution in [2.45, 2.75) is 37.8 Å². The fourth-order valence-electron chi connectivity index (χ4n) is 3.57. The van der Waals surface area contributed by atoms with Crippen molar-refractivity contribution in [3.05, 3.63) is 42.6 Å². The van der Waals surface area contributed by atoms with Crippen molar-refractivity contribution in [3.63, 3.8) is 0 Å². The molecule has 6 nitrogen and oxygen atoms in total. The summed E-state index contributed by atoms with van der Waals surface area (Å²) in [5.74, 6) is 0.825. The molecule has 2 aromatic rings. The van der Waals surface area contributed by atoms with E-state index in [1.54, 1.807) is 18.7 Å². The van der Waals surface area contributed by atoms with Crippen molar-refractivity contribution >= 4 is 5.91 Å². The third kappa shape index (κ3) is 2.74. The third-order valence-corrected chi connectivity index (χ3v) is 4.76. The van der Waals surface area contributed by atoms with E-state index in [0.29, 0.717) is 18.7 Å². The van der Waals surface area contributed by atoms with E-state index in [2.05, 4.69) is 9.97 Å². The van der Waals surface area contributed by atoms with E-state index < -0.39 is 0 Å². The molecule has 1 saturated heterocycles. The molecule has 0 spiro atoms. The molecule has 3 heterocycles. The van der Waals surface area contributed by atoms with Crippen molar-refractivity contribution in [1.82, 2.24) is 19.4 Å². The van der Waals surface area contributed by atoms with Crippen LogP contribution >= 0.6 is 0 Å². The second-order valence-electron chi connectivity index (χ2n) is 6.13. The van der Waals surface area contributed by atoms with Crippen LogP contribution in [0.5, 0.6) is 0 Å². The van der Waals surface area contributed by atoms with E-state index in [0.717, 1.165) is 18.7 Å². The topological polar surface area (TPSA) is 60.2 Å². The summed E-state index contributed by atoms with van der Waals surface area (Å²) in [5, 5.41) is 0. The van der Waals surface area contributed by atoms with E-state index >= 15 is 0 Å². The monoisotopic (exact) mass is 312 g/mol. The number of aromatic nitrogens is 3. The van der Waals surface area contributed by atoms with Crippen LogP contribution in [-0.2, 0) is 4.74 Å². The fourth-order valence-corrected chi connectivity index (χ4v) is 3.57. The van der Waals surface area contributed by atoms with Crippen LogP contribution in [0.2, 0.25) is 0 Å². The third-order valence-electron chi connectivity index (χ3n) is 4.76. The standard InChI is InChI=1S/C17H20N4O2/c22-17(21-9-10-23-15-4-2-1-3-14(15)21)13-5-6-16(19-11-13)20-8-7-18-12-20/h5-8,11-12,14-15H,1-4,9-10H2. The Labute approximate surface area is 135 Å². The van der Waals surface area contributed by atoms with Gasteiger partial charge in [0.1, 0.15) is 12.1 Å². The van der Waals surface area contributed by atoms with Gasteiger partial charge in [-0.15, -0.1) is 0 Å². The van der Waals surface area contributed by atoms with E-state index in [-0.39, 0.29) is 18.1 Å². The molecule has 0 bridgehead atoms. The van der Waals surface area contributed by atoms with Crippen LogP contribution in [0.3, 0.4) is 0 Å². The van der Waals surface area contributed by atoms with Crippen LogP contribution in [-0.4, -0.2) is 50.6 Å². The van der Waals surface area contributed by atoms with Crippen molar-refractivity contribution in [1.29, 1.82) is 0 Å². The summed E-state index contributed by atoms with van der Waals surface area (Å²) in [6, 6.07) is 3.92. The summed E-state index contributed by atoms with van der Waals surface area (Å²) in [7, 11) is 0. The summed E-state index contributed by atoms with van der Waals surface area (Å²) >= 11 is 0. The molecule has 2 aromatic heterocycles. The lowest BCUT2D eigenvalue weighted by atomic mass is 9.90. The molecule has 2 aliphatic rings. The van der Waals surface area contributed by atoms with E-state index in [9.17, 15) is 4.79 Å². The number of imidazole rings is 1. The van der Waals surface area contributed by atoms with Gasteiger partial charge in [-0.2, -0.15) is 0 Å². The number of hydrogen-bond acceptors (Lipinski definition) is 4. The zero-order valence-corrected chi connectivity index (χ0v) is 13.0. The number of nitrogens with zero attached hydrogens (tertiary/aromatic N) is 4. The maximum absolute atomic E-state index is 12.9. The minimum atomic E-state index is 0.0647. The van der Waals surface area contributed by atoms with Gasteiger partial charge in [-0.1, -0.05) is 12.8 Å². The van der Waals surface area contributed by atoms with Crippen molar-refractivity contribution in [2.24, 2.45) is 0 Å². The molecular formula is C17H20N4O2. The van der Waals surface area contributed by atoms with Crippen LogP contribution in [0, 0.1) is 0 Å². The molecule has 23 heavy (non-hydrogen) atoms. The quantitative estimate of drug-likeness (QED) is 0.851. The van der Waals surface area contributed by atoms with Gasteiger partial charge in [0.05, 0.1) is 24.3 Å². The Bertz CT molecular complexity index is 666. The normalized spacial score (nSPS) is 24.3. The molecule has 1 aliphatic carbocycles. The zero-order valence-electron chi connectivity index (χ0n) is 13.0. The summed E-state index contributed by atoms with van der Waals surface area (Å²) < 4.78 is 7.67. The Hall–Kier alpha value is -2.21. The minimum Gasteiger partial charge on any atom is -0.374 e. The SMILES string of the molecule is O=C(c1ccc(-n2ccnc2)nc1)N1CCOC2CCCCC21. The Morgan fingerprint density at radius 3 is 2.96 bits per heavy atom. The van der Waals surface area contributed by atoms with Gasteiger partial charge in [0.15, 0.2) is 0 Å². The second-order valence-corrected chi connectivity index (χ2v) is 6.13. The highest BCUT2D eigenvalue weighted by Gasteiger charge is 2.36. The first kappa shape index (κ1) is 14.4. The number of hydrogen-bond donors (Lipinski definition) is 0. The average molecular weight is 312 g/mol. The molecule has 1 aliphatic heterocycles. The largest absolute Gasteiger partial charge is 0.374 e. The molecule has 2 fully saturated rings. The smallest absolute Gasteiger partial charge is 0.255 e. The first-order valence-electron chi connectivity index (χ1n) is 8.20. The number of morpholine rings is 1. The van der Waals surface area contributed by atoms with Crippen LogP contribution in [0.1, 0.15) is 36.0 Å². The molecular weight excluding hydrogens is 292 g/mol. The number of carbonyl (C=O) groups excluding carboxylic acids is 1. The van der Waals surface area contributed by atoms with Crippen molar-refractivity contribution in [2.75, 3.05) is 13.2 Å². The van der Waals surface area contributed by atoms with Crippen LogP contribution in [0.25, 0.3) is 5.82 Å². The van der Waals surface area contributed by atoms with Gasteiger partial charge in [-0.25, -0.2) is 9.97 Å². The van der Waals surface area contributed by atoms with Crippen molar-refractivity contribution < 1.29 is 9.53 Å². The lowest BCUT2D eigenvalue weighted by molar-refractivity contribution is -0.0752. The van der Waals surface area contributed by atoms with Gasteiger partial charge in [-0.05, 0) is 25.0 Å². The number of carbonyl (C=O) groups is 1. The van der Waals surface area contributed by atoms with Gasteiger partial charge in [0.2, 0.25) is 0 Å². The maximum atomic E-state index is 12.9. The first-order chi connectivity index (χ1) is 11.3. The Kier molecular flexibility index (Phi) is 3.83. The average Bonchev–Trinajstić information content (AvgIpc) is 3.15. The Balaban J connectivity index is 1.54. The Morgan fingerprint density at radius 2 is 2.17 bits per heavy atom. The summed E-state index contributed by atoms with van der Waals surface area (Å²) in [6.07, 6.45) is 11.6. The zero-order chi connectivity index (χ0) is 15.6. The predicted molar refractivity (Wildman–Crippen MR) is 84.4 cm³/mol. The Morgan fingerprint density at radius 1 is 1.26 bits per heavy atom. The molecule has 0 radical (unpaired) electrons. The van der Waals surface area contributed by atoms with Crippen LogP contribution < -0.4 is 0 Å². The molecule has 2 atom stereocenters. The van der Waals surface area contributed by atoms with Gasteiger partial charge in [0, 0.05) is 25.1 Å². The van der Waals surface area contributed by atoms with Gasteiger partial charge < -0.3 is 9.64 Å². The molecule has 0 aromatic carbocycles. The molecule has 2 unspecified atom stereocenters. The fraction of sp³-hybridized carbons (Fsp3) is 0.471. The van der Waals surface area contributed by atoms with Gasteiger partial charge in [0.25, 0.3) is 5.91 Å². The van der Waals surface area contributed by atoms with Crippen molar-refractivity contribution in [3.8, 4) is 5.82 Å². The van der Waals surface area contributed by atoms with Gasteiger partial charge >= 0.3 is 0 Å². The number of ether oxygens (including phenoxy) is 1. The molecule has 1 saturated carbocycles. The highest BCUT2D eigenvalue weighted by Crippen LogP contribution is 2.29. The number of fused-ring (bicyclic) bond motifs is 1. The summed E-state index contributed by atoms with van der Waals surface area (Å²) in [6.45, 7) is 1.30. The molecule has 0 N–H and O–H groups in total. The van der Waals surface area contributed by atoms with E-state index in [1.165, 1.54) is 12.8 Å². The molecule has 120 valence electrons. The van der Waals surface area contributed by atoms with E-state index in [1.807, 2.05) is 27.8 Å². The lowest BCUT2D eigenvalue weighted by Gasteiger charge is -2.43. The van der Waals surface area contributed by atoms with Crippen LogP contribution in [0.15, 0.2) is 37.1 Å². The number of pyridine rings is 1. The lowest BCUT2D eigenvalue weighted by Crippen LogP contribution is -2.54. The van der Waals surface area contributed by atoms with Gasteiger partial charge in [-0.3, -0.25) is 9.36 Å². The predicted octanol–water partition coefficient (Wildman–Crippen LogP) is 2.05. The number of amides is 1. The maximum Gasteiger partial charge on any atom is 0.255 e. The highest BCUT2D eigenvalue weighted by atomic mass is 16.5. The van der Waals surface area contributed by atoms with E-state index in [4.69, 9.17) is 4.74 Å². The second kappa shape index (κ2) is 6.12. The molecule has 6 heteroatoms. The first-order valence-corrected chi connectivity index (χ1v) is 8.20. The minimum absolute atomic E-state index is 0.0647. The molecule has 1 amide bonds.